The molecule has 0 saturated heterocycles. The van der Waals surface area contributed by atoms with E-state index >= 15 is 0 Å². The SMILES string of the molecule is Cc1ccc(C(=O)NCC(c2ccccc2)c2ccccc2)cc1S(=O)(=O)NCC#N. The van der Waals surface area contributed by atoms with Crippen LogP contribution in [-0.4, -0.2) is 27.4 Å². The largest absolute Gasteiger partial charge is 0.351 e. The summed E-state index contributed by atoms with van der Waals surface area (Å²) in [4.78, 5) is 12.8. The molecule has 3 rings (SSSR count). The topological polar surface area (TPSA) is 99.1 Å². The van der Waals surface area contributed by atoms with Gasteiger partial charge in [-0.25, -0.2) is 8.42 Å². The smallest absolute Gasteiger partial charge is 0.251 e. The van der Waals surface area contributed by atoms with Crippen molar-refractivity contribution in [3.05, 3.63) is 101 Å². The van der Waals surface area contributed by atoms with Gasteiger partial charge in [0.1, 0.15) is 0 Å². The Morgan fingerprint density at radius 1 is 0.968 bits per heavy atom. The minimum absolute atomic E-state index is 0.0157. The van der Waals surface area contributed by atoms with Gasteiger partial charge in [-0.2, -0.15) is 9.98 Å². The van der Waals surface area contributed by atoms with Gasteiger partial charge in [-0.3, -0.25) is 4.79 Å². The van der Waals surface area contributed by atoms with Gasteiger partial charge in [0.15, 0.2) is 0 Å². The van der Waals surface area contributed by atoms with E-state index in [-0.39, 0.29) is 28.8 Å². The summed E-state index contributed by atoms with van der Waals surface area (Å²) < 4.78 is 27.1. The molecule has 7 heteroatoms. The zero-order valence-electron chi connectivity index (χ0n) is 17.1. The predicted octanol–water partition coefficient (Wildman–Crippen LogP) is 3.36. The summed E-state index contributed by atoms with van der Waals surface area (Å²) in [5, 5.41) is 11.6. The van der Waals surface area contributed by atoms with Crippen LogP contribution in [0.5, 0.6) is 0 Å². The quantitative estimate of drug-likeness (QED) is 0.532. The third-order valence-corrected chi connectivity index (χ3v) is 6.49. The molecule has 0 aromatic heterocycles. The molecule has 0 spiro atoms. The van der Waals surface area contributed by atoms with Crippen molar-refractivity contribution in [2.75, 3.05) is 13.1 Å². The molecule has 0 radical (unpaired) electrons. The summed E-state index contributed by atoms with van der Waals surface area (Å²) in [6.07, 6.45) is 0. The van der Waals surface area contributed by atoms with Crippen LogP contribution in [0, 0.1) is 18.3 Å². The fourth-order valence-electron chi connectivity index (χ4n) is 3.33. The number of carbonyl (C=O) groups is 1. The molecule has 0 heterocycles. The first-order valence-corrected chi connectivity index (χ1v) is 11.3. The third kappa shape index (κ3) is 5.57. The van der Waals surface area contributed by atoms with Crippen molar-refractivity contribution in [3.63, 3.8) is 0 Å². The highest BCUT2D eigenvalue weighted by atomic mass is 32.2. The van der Waals surface area contributed by atoms with Crippen molar-refractivity contribution < 1.29 is 13.2 Å². The molecule has 0 atom stereocenters. The van der Waals surface area contributed by atoms with E-state index in [1.54, 1.807) is 25.1 Å². The standard InChI is InChI=1S/C24H23N3O3S/c1-18-12-13-21(16-23(18)31(29,30)27-15-14-25)24(28)26-17-22(19-8-4-2-5-9-19)20-10-6-3-7-11-20/h2-13,16,22,27H,15,17H2,1H3,(H,26,28). The molecule has 0 aliphatic rings. The molecule has 0 fully saturated rings. The Morgan fingerprint density at radius 2 is 1.55 bits per heavy atom. The number of hydrogen-bond acceptors (Lipinski definition) is 4. The van der Waals surface area contributed by atoms with E-state index in [9.17, 15) is 13.2 Å². The number of nitrogens with one attached hydrogen (secondary N) is 2. The van der Waals surface area contributed by atoms with E-state index in [1.165, 1.54) is 6.07 Å². The second kappa shape index (κ2) is 10.0. The van der Waals surface area contributed by atoms with Crippen molar-refractivity contribution in [3.8, 4) is 6.07 Å². The first-order chi connectivity index (χ1) is 14.9. The van der Waals surface area contributed by atoms with E-state index < -0.39 is 10.0 Å². The van der Waals surface area contributed by atoms with Crippen LogP contribution >= 0.6 is 0 Å². The van der Waals surface area contributed by atoms with Crippen molar-refractivity contribution >= 4 is 15.9 Å². The number of benzene rings is 3. The fraction of sp³-hybridized carbons (Fsp3) is 0.167. The van der Waals surface area contributed by atoms with Crippen LogP contribution in [0.25, 0.3) is 0 Å². The maximum absolute atomic E-state index is 12.8. The lowest BCUT2D eigenvalue weighted by molar-refractivity contribution is 0.0952. The zero-order chi connectivity index (χ0) is 22.3. The summed E-state index contributed by atoms with van der Waals surface area (Å²) in [6, 6.07) is 26.0. The Bertz CT molecular complexity index is 1150. The summed E-state index contributed by atoms with van der Waals surface area (Å²) in [5.41, 5.74) is 2.87. The lowest BCUT2D eigenvalue weighted by atomic mass is 9.91. The Labute approximate surface area is 182 Å². The van der Waals surface area contributed by atoms with E-state index in [2.05, 4.69) is 10.0 Å². The second-order valence-corrected chi connectivity index (χ2v) is 8.78. The second-order valence-electron chi connectivity index (χ2n) is 7.05. The van der Waals surface area contributed by atoms with E-state index in [4.69, 9.17) is 5.26 Å². The van der Waals surface area contributed by atoms with E-state index in [0.29, 0.717) is 12.1 Å². The van der Waals surface area contributed by atoms with Crippen molar-refractivity contribution in [1.82, 2.24) is 10.0 Å². The van der Waals surface area contributed by atoms with Crippen LogP contribution < -0.4 is 10.0 Å². The Balaban J connectivity index is 1.82. The molecule has 31 heavy (non-hydrogen) atoms. The summed E-state index contributed by atoms with van der Waals surface area (Å²) in [7, 11) is -3.88. The van der Waals surface area contributed by atoms with Gasteiger partial charge in [0.25, 0.3) is 5.91 Å². The average molecular weight is 434 g/mol. The molecule has 0 aliphatic carbocycles. The maximum atomic E-state index is 12.8. The van der Waals surface area contributed by atoms with Gasteiger partial charge in [0.05, 0.1) is 17.5 Å². The fourth-order valence-corrected chi connectivity index (χ4v) is 4.52. The van der Waals surface area contributed by atoms with Gasteiger partial charge in [0.2, 0.25) is 10.0 Å². The van der Waals surface area contributed by atoms with Crippen LogP contribution in [0.3, 0.4) is 0 Å². The molecule has 1 amide bonds. The van der Waals surface area contributed by atoms with Crippen LogP contribution in [0.1, 0.15) is 33.0 Å². The average Bonchev–Trinajstić information content (AvgIpc) is 2.79. The van der Waals surface area contributed by atoms with Gasteiger partial charge >= 0.3 is 0 Å². The van der Waals surface area contributed by atoms with Gasteiger partial charge in [-0.05, 0) is 35.7 Å². The third-order valence-electron chi connectivity index (χ3n) is 4.95. The normalized spacial score (nSPS) is 11.1. The highest BCUT2D eigenvalue weighted by molar-refractivity contribution is 7.89. The summed E-state index contributed by atoms with van der Waals surface area (Å²) in [5.74, 6) is -0.411. The lowest BCUT2D eigenvalue weighted by Gasteiger charge is -2.19. The Morgan fingerprint density at radius 3 is 2.10 bits per heavy atom. The molecular formula is C24H23N3O3S. The minimum atomic E-state index is -3.88. The highest BCUT2D eigenvalue weighted by Gasteiger charge is 2.20. The molecule has 0 saturated carbocycles. The first kappa shape index (κ1) is 22.2. The van der Waals surface area contributed by atoms with Crippen LogP contribution in [0.2, 0.25) is 0 Å². The van der Waals surface area contributed by atoms with Gasteiger partial charge in [-0.1, -0.05) is 66.7 Å². The van der Waals surface area contributed by atoms with Crippen LogP contribution in [-0.2, 0) is 10.0 Å². The molecular weight excluding hydrogens is 410 g/mol. The van der Waals surface area contributed by atoms with E-state index in [0.717, 1.165) is 11.1 Å². The molecule has 0 unspecified atom stereocenters. The number of nitrogens with zero attached hydrogens (tertiary/aromatic N) is 1. The number of hydrogen-bond donors (Lipinski definition) is 2. The van der Waals surface area contributed by atoms with E-state index in [1.807, 2.05) is 60.7 Å². The highest BCUT2D eigenvalue weighted by Crippen LogP contribution is 2.24. The number of aryl methyl sites for hydroxylation is 1. The first-order valence-electron chi connectivity index (χ1n) is 9.77. The molecule has 2 N–H and O–H groups in total. The summed E-state index contributed by atoms with van der Waals surface area (Å²) >= 11 is 0. The molecule has 0 aliphatic heterocycles. The van der Waals surface area contributed by atoms with Crippen LogP contribution in [0.15, 0.2) is 83.8 Å². The minimum Gasteiger partial charge on any atom is -0.351 e. The zero-order valence-corrected chi connectivity index (χ0v) is 17.9. The Hall–Kier alpha value is -3.47. The summed E-state index contributed by atoms with van der Waals surface area (Å²) in [6.45, 7) is 1.66. The molecule has 0 bridgehead atoms. The number of rotatable bonds is 8. The van der Waals surface area contributed by atoms with Gasteiger partial charge in [-0.15, -0.1) is 0 Å². The number of sulfonamides is 1. The number of nitriles is 1. The van der Waals surface area contributed by atoms with Gasteiger partial charge in [0, 0.05) is 18.0 Å². The predicted molar refractivity (Wildman–Crippen MR) is 119 cm³/mol. The van der Waals surface area contributed by atoms with Gasteiger partial charge < -0.3 is 5.32 Å². The molecule has 158 valence electrons. The van der Waals surface area contributed by atoms with Crippen LogP contribution in [0.4, 0.5) is 0 Å². The molecule has 6 nitrogen and oxygen atoms in total. The maximum Gasteiger partial charge on any atom is 0.251 e. The number of amides is 1. The van der Waals surface area contributed by atoms with Crippen molar-refractivity contribution in [2.45, 2.75) is 17.7 Å². The monoisotopic (exact) mass is 433 g/mol. The molecule has 3 aromatic rings. The Kier molecular flexibility index (Phi) is 7.19. The van der Waals surface area contributed by atoms with Crippen molar-refractivity contribution in [2.24, 2.45) is 0 Å². The molecule has 3 aromatic carbocycles. The van der Waals surface area contributed by atoms with Crippen molar-refractivity contribution in [1.29, 1.82) is 5.26 Å². The lowest BCUT2D eigenvalue weighted by Crippen LogP contribution is -2.29. The number of carbonyl (C=O) groups excluding carboxylic acids is 1.